The first-order valence-corrected chi connectivity index (χ1v) is 12.3. The van der Waals surface area contributed by atoms with E-state index in [0.29, 0.717) is 29.9 Å². The maximum atomic E-state index is 13.5. The number of anilines is 1. The van der Waals surface area contributed by atoms with Crippen molar-refractivity contribution in [2.24, 2.45) is 5.92 Å². The number of nitrogens with one attached hydrogen (secondary N) is 1. The number of aryl methyl sites for hydroxylation is 1. The van der Waals surface area contributed by atoms with Crippen LogP contribution in [0.25, 0.3) is 12.2 Å². The Morgan fingerprint density at radius 1 is 1.21 bits per heavy atom. The fourth-order valence-corrected chi connectivity index (χ4v) is 5.68. The Kier molecular flexibility index (Phi) is 6.80. The van der Waals surface area contributed by atoms with E-state index < -0.39 is 15.9 Å². The lowest BCUT2D eigenvalue weighted by atomic mass is 9.98. The molecule has 3 aromatic rings. The molecule has 4 rings (SSSR count). The predicted molar refractivity (Wildman–Crippen MR) is 125 cm³/mol. The van der Waals surface area contributed by atoms with E-state index in [0.717, 1.165) is 0 Å². The van der Waals surface area contributed by atoms with Crippen LogP contribution in [0.1, 0.15) is 47.3 Å². The van der Waals surface area contributed by atoms with Gasteiger partial charge in [0, 0.05) is 24.3 Å². The maximum Gasteiger partial charge on any atom is 0.248 e. The van der Waals surface area contributed by atoms with Crippen molar-refractivity contribution in [2.75, 3.05) is 18.4 Å². The van der Waals surface area contributed by atoms with E-state index in [1.807, 2.05) is 0 Å². The zero-order valence-corrected chi connectivity index (χ0v) is 19.7. The molecule has 1 aromatic carbocycles. The lowest BCUT2D eigenvalue weighted by molar-refractivity contribution is -0.120. The number of hydrogen-bond donors (Lipinski definition) is 1. The molecular weight excluding hydrogens is 458 g/mol. The second-order valence-corrected chi connectivity index (χ2v) is 10.0. The van der Waals surface area contributed by atoms with Crippen LogP contribution in [0, 0.1) is 12.8 Å². The molecular formula is C24H25N3O6S. The van der Waals surface area contributed by atoms with Crippen molar-refractivity contribution >= 4 is 39.6 Å². The Bertz CT molecular complexity index is 1320. The molecule has 2 aromatic heterocycles. The number of carbonyl (C=O) groups is 2. The van der Waals surface area contributed by atoms with Gasteiger partial charge in [0.25, 0.3) is 0 Å². The van der Waals surface area contributed by atoms with Gasteiger partial charge in [-0.05, 0) is 63.1 Å². The van der Waals surface area contributed by atoms with Gasteiger partial charge < -0.3 is 14.3 Å². The summed E-state index contributed by atoms with van der Waals surface area (Å²) >= 11 is 0. The number of benzene rings is 1. The zero-order valence-electron chi connectivity index (χ0n) is 18.9. The summed E-state index contributed by atoms with van der Waals surface area (Å²) in [5.74, 6) is -0.290. The second-order valence-electron chi connectivity index (χ2n) is 8.14. The lowest BCUT2D eigenvalue weighted by Crippen LogP contribution is -2.43. The summed E-state index contributed by atoms with van der Waals surface area (Å²) in [4.78, 5) is 24.5. The summed E-state index contributed by atoms with van der Waals surface area (Å²) in [6.45, 7) is 3.34. The van der Waals surface area contributed by atoms with Crippen molar-refractivity contribution in [3.05, 3.63) is 65.4 Å². The Morgan fingerprint density at radius 3 is 2.76 bits per heavy atom. The molecule has 1 aliphatic heterocycles. The molecule has 9 nitrogen and oxygen atoms in total. The number of rotatable bonds is 7. The van der Waals surface area contributed by atoms with Crippen LogP contribution in [0.3, 0.4) is 0 Å². The highest BCUT2D eigenvalue weighted by Crippen LogP contribution is 2.30. The minimum atomic E-state index is -3.96. The average molecular weight is 484 g/mol. The predicted octanol–water partition coefficient (Wildman–Crippen LogP) is 3.99. The number of ketones is 1. The molecule has 1 unspecified atom stereocenters. The second kappa shape index (κ2) is 9.78. The van der Waals surface area contributed by atoms with Crippen molar-refractivity contribution in [2.45, 2.75) is 31.6 Å². The van der Waals surface area contributed by atoms with Crippen molar-refractivity contribution in [1.82, 2.24) is 9.46 Å². The monoisotopic (exact) mass is 483 g/mol. The lowest BCUT2D eigenvalue weighted by Gasteiger charge is -2.31. The number of aromatic nitrogens is 1. The summed E-state index contributed by atoms with van der Waals surface area (Å²) in [6.07, 6.45) is 5.70. The van der Waals surface area contributed by atoms with Gasteiger partial charge in [0.2, 0.25) is 15.9 Å². The number of nitrogens with zero attached hydrogens (tertiary/aromatic N) is 2. The molecule has 178 valence electrons. The van der Waals surface area contributed by atoms with Crippen molar-refractivity contribution in [3.8, 4) is 0 Å². The summed E-state index contributed by atoms with van der Waals surface area (Å²) in [5.41, 5.74) is 1.23. The first-order valence-electron chi connectivity index (χ1n) is 10.9. The van der Waals surface area contributed by atoms with E-state index in [4.69, 9.17) is 8.94 Å². The zero-order chi connectivity index (χ0) is 24.3. The smallest absolute Gasteiger partial charge is 0.248 e. The standard InChI is InChI=1S/C24H25N3O6S/c1-16-23(22(33-26-16)11-10-21-9-5-13-32-21)34(30,31)27-12-4-7-19(15-27)24(29)25-20-8-3-6-18(14-20)17(2)28/h3,5-6,8-11,13-14,19H,4,7,12,15H2,1-2H3,(H,25,29). The van der Waals surface area contributed by atoms with E-state index in [-0.39, 0.29) is 41.1 Å². The molecule has 0 saturated carbocycles. The van der Waals surface area contributed by atoms with E-state index in [1.165, 1.54) is 23.6 Å². The molecule has 0 bridgehead atoms. The van der Waals surface area contributed by atoms with Crippen LogP contribution in [-0.4, -0.2) is 42.7 Å². The van der Waals surface area contributed by atoms with Gasteiger partial charge in [-0.1, -0.05) is 17.3 Å². The van der Waals surface area contributed by atoms with Gasteiger partial charge in [-0.15, -0.1) is 0 Å². The molecule has 0 radical (unpaired) electrons. The number of furan rings is 1. The summed E-state index contributed by atoms with van der Waals surface area (Å²) in [7, 11) is -3.96. The SMILES string of the molecule is CC(=O)c1cccc(NC(=O)C2CCCN(S(=O)(=O)c3c(C)noc3C=Cc3ccco3)C2)c1. The van der Waals surface area contributed by atoms with Crippen molar-refractivity contribution < 1.29 is 26.9 Å². The number of hydrogen-bond acceptors (Lipinski definition) is 7. The Hall–Kier alpha value is -3.50. The van der Waals surface area contributed by atoms with Crippen LogP contribution in [0.5, 0.6) is 0 Å². The van der Waals surface area contributed by atoms with Crippen LogP contribution >= 0.6 is 0 Å². The molecule has 1 atom stereocenters. The maximum absolute atomic E-state index is 13.5. The van der Waals surface area contributed by atoms with Crippen molar-refractivity contribution in [1.29, 1.82) is 0 Å². The molecule has 3 heterocycles. The highest BCUT2D eigenvalue weighted by Gasteiger charge is 2.37. The number of Topliss-reactive ketones (excluding diaryl/α,β-unsaturated/α-hetero) is 1. The third-order valence-corrected chi connectivity index (χ3v) is 7.69. The molecule has 0 spiro atoms. The van der Waals surface area contributed by atoms with Gasteiger partial charge in [0.05, 0.1) is 12.2 Å². The summed E-state index contributed by atoms with van der Waals surface area (Å²) in [5, 5.41) is 6.65. The van der Waals surface area contributed by atoms with Gasteiger partial charge in [-0.25, -0.2) is 8.42 Å². The summed E-state index contributed by atoms with van der Waals surface area (Å²) in [6, 6.07) is 10.1. The first-order chi connectivity index (χ1) is 16.3. The van der Waals surface area contributed by atoms with E-state index in [9.17, 15) is 18.0 Å². The van der Waals surface area contributed by atoms with Crippen LogP contribution in [0.15, 0.2) is 56.5 Å². The van der Waals surface area contributed by atoms with E-state index in [1.54, 1.807) is 49.4 Å². The first kappa shape index (κ1) is 23.7. The van der Waals surface area contributed by atoms with Crippen LogP contribution in [-0.2, 0) is 14.8 Å². The Labute approximate surface area is 197 Å². The highest BCUT2D eigenvalue weighted by atomic mass is 32.2. The largest absolute Gasteiger partial charge is 0.465 e. The van der Waals surface area contributed by atoms with Gasteiger partial charge >= 0.3 is 0 Å². The average Bonchev–Trinajstić information content (AvgIpc) is 3.47. The molecule has 34 heavy (non-hydrogen) atoms. The quantitative estimate of drug-likeness (QED) is 0.504. The van der Waals surface area contributed by atoms with E-state index in [2.05, 4.69) is 10.5 Å². The number of piperidine rings is 1. The molecule has 1 aliphatic rings. The topological polar surface area (TPSA) is 123 Å². The van der Waals surface area contributed by atoms with Crippen molar-refractivity contribution in [3.63, 3.8) is 0 Å². The molecule has 1 fully saturated rings. The molecule has 1 amide bonds. The van der Waals surface area contributed by atoms with E-state index >= 15 is 0 Å². The highest BCUT2D eigenvalue weighted by molar-refractivity contribution is 7.89. The fraction of sp³-hybridized carbons (Fsp3) is 0.292. The number of carbonyl (C=O) groups excluding carboxylic acids is 2. The third kappa shape index (κ3) is 5.02. The number of sulfonamides is 1. The minimum absolute atomic E-state index is 0.0227. The van der Waals surface area contributed by atoms with Gasteiger partial charge in [-0.3, -0.25) is 9.59 Å². The van der Waals surface area contributed by atoms with Crippen LogP contribution < -0.4 is 5.32 Å². The number of amides is 1. The fourth-order valence-electron chi connectivity index (χ4n) is 3.91. The Morgan fingerprint density at radius 2 is 2.03 bits per heavy atom. The summed E-state index contributed by atoms with van der Waals surface area (Å²) < 4.78 is 38.8. The molecule has 10 heteroatoms. The van der Waals surface area contributed by atoms with Gasteiger partial charge in [0.1, 0.15) is 11.5 Å². The Balaban J connectivity index is 1.52. The normalized spacial score (nSPS) is 17.2. The minimum Gasteiger partial charge on any atom is -0.465 e. The molecule has 1 saturated heterocycles. The van der Waals surface area contributed by atoms with Crippen LogP contribution in [0.2, 0.25) is 0 Å². The molecule has 0 aliphatic carbocycles. The van der Waals surface area contributed by atoms with Gasteiger partial charge in [-0.2, -0.15) is 4.31 Å². The molecule has 1 N–H and O–H groups in total. The third-order valence-electron chi connectivity index (χ3n) is 5.66. The van der Waals surface area contributed by atoms with Crippen LogP contribution in [0.4, 0.5) is 5.69 Å². The van der Waals surface area contributed by atoms with Gasteiger partial charge in [0.15, 0.2) is 16.4 Å².